The smallest absolute Gasteiger partial charge is 0.311 e. The Morgan fingerprint density at radius 1 is 1.33 bits per heavy atom. The molecular weight excluding hydrogens is 230 g/mol. The van der Waals surface area contributed by atoms with Gasteiger partial charge in [-0.05, 0) is 38.3 Å². The van der Waals surface area contributed by atoms with Gasteiger partial charge >= 0.3 is 5.97 Å². The Balaban J connectivity index is 2.04. The zero-order chi connectivity index (χ0) is 13.3. The molecule has 96 valence electrons. The molecule has 4 heteroatoms. The molecule has 0 heterocycles. The topological polar surface area (TPSA) is 66.4 Å². The van der Waals surface area contributed by atoms with Gasteiger partial charge < -0.3 is 10.4 Å². The van der Waals surface area contributed by atoms with Crippen LogP contribution in [0.25, 0.3) is 0 Å². The number of amides is 1. The summed E-state index contributed by atoms with van der Waals surface area (Å²) in [7, 11) is 0. The number of carbonyl (C=O) groups is 2. The quantitative estimate of drug-likeness (QED) is 0.854. The van der Waals surface area contributed by atoms with E-state index in [9.17, 15) is 9.59 Å². The number of benzene rings is 1. The highest BCUT2D eigenvalue weighted by atomic mass is 16.4. The van der Waals surface area contributed by atoms with E-state index in [2.05, 4.69) is 5.32 Å². The van der Waals surface area contributed by atoms with Crippen molar-refractivity contribution >= 4 is 11.9 Å². The summed E-state index contributed by atoms with van der Waals surface area (Å²) < 4.78 is 0. The van der Waals surface area contributed by atoms with Crippen molar-refractivity contribution in [3.63, 3.8) is 0 Å². The fraction of sp³-hybridized carbons (Fsp3) is 0.429. The van der Waals surface area contributed by atoms with Gasteiger partial charge in [0.1, 0.15) is 0 Å². The van der Waals surface area contributed by atoms with Crippen LogP contribution in [0.4, 0.5) is 0 Å². The van der Waals surface area contributed by atoms with E-state index in [1.54, 1.807) is 0 Å². The fourth-order valence-electron chi connectivity index (χ4n) is 1.94. The van der Waals surface area contributed by atoms with Crippen LogP contribution in [0.15, 0.2) is 18.2 Å². The summed E-state index contributed by atoms with van der Waals surface area (Å²) in [4.78, 5) is 23.0. The first-order valence-corrected chi connectivity index (χ1v) is 6.03. The summed E-state index contributed by atoms with van der Waals surface area (Å²) in [5.74, 6) is -1.01. The van der Waals surface area contributed by atoms with Crippen molar-refractivity contribution < 1.29 is 14.7 Å². The monoisotopic (exact) mass is 247 g/mol. The van der Waals surface area contributed by atoms with Crippen LogP contribution in [0.2, 0.25) is 0 Å². The van der Waals surface area contributed by atoms with Gasteiger partial charge in [0, 0.05) is 12.1 Å². The van der Waals surface area contributed by atoms with E-state index in [-0.39, 0.29) is 12.5 Å². The minimum atomic E-state index is -0.816. The highest BCUT2D eigenvalue weighted by Gasteiger charge is 2.50. The maximum atomic E-state index is 12.0. The van der Waals surface area contributed by atoms with E-state index in [4.69, 9.17) is 5.11 Å². The summed E-state index contributed by atoms with van der Waals surface area (Å²) in [6, 6.07) is 5.67. The lowest BCUT2D eigenvalue weighted by atomic mass is 10.0. The molecule has 2 N–H and O–H groups in total. The molecule has 0 aliphatic heterocycles. The van der Waals surface area contributed by atoms with Crippen LogP contribution in [0.1, 0.15) is 34.3 Å². The molecule has 1 amide bonds. The Morgan fingerprint density at radius 2 is 2.00 bits per heavy atom. The molecule has 1 aromatic rings. The summed E-state index contributed by atoms with van der Waals surface area (Å²) in [5.41, 5.74) is 1.83. The lowest BCUT2D eigenvalue weighted by Crippen LogP contribution is -2.34. The molecule has 0 radical (unpaired) electrons. The molecule has 0 saturated heterocycles. The predicted octanol–water partition coefficient (Wildman–Crippen LogP) is 1.90. The first kappa shape index (κ1) is 12.6. The van der Waals surface area contributed by atoms with Crippen molar-refractivity contribution in [2.45, 2.75) is 26.7 Å². The molecule has 1 aliphatic rings. The van der Waals surface area contributed by atoms with Gasteiger partial charge in [0.15, 0.2) is 0 Å². The predicted molar refractivity (Wildman–Crippen MR) is 67.6 cm³/mol. The van der Waals surface area contributed by atoms with E-state index < -0.39 is 11.4 Å². The van der Waals surface area contributed by atoms with Crippen molar-refractivity contribution in [3.05, 3.63) is 34.9 Å². The Labute approximate surface area is 106 Å². The van der Waals surface area contributed by atoms with Gasteiger partial charge in [-0.3, -0.25) is 9.59 Å². The molecule has 1 aromatic carbocycles. The van der Waals surface area contributed by atoms with Crippen molar-refractivity contribution in [2.24, 2.45) is 5.41 Å². The normalized spacial score (nSPS) is 16.1. The standard InChI is InChI=1S/C14H17NO3/c1-9-3-4-10(2)11(7-9)12(16)15-8-14(5-6-14)13(17)18/h3-4,7H,5-6,8H2,1-2H3,(H,15,16)(H,17,18). The fourth-order valence-corrected chi connectivity index (χ4v) is 1.94. The number of nitrogens with one attached hydrogen (secondary N) is 1. The summed E-state index contributed by atoms with van der Waals surface area (Å²) in [6.07, 6.45) is 1.30. The molecule has 0 aromatic heterocycles. The molecule has 1 aliphatic carbocycles. The lowest BCUT2D eigenvalue weighted by molar-refractivity contribution is -0.143. The van der Waals surface area contributed by atoms with Gasteiger partial charge in [-0.2, -0.15) is 0 Å². The van der Waals surface area contributed by atoms with Crippen LogP contribution in [0.5, 0.6) is 0 Å². The van der Waals surface area contributed by atoms with Gasteiger partial charge in [-0.25, -0.2) is 0 Å². The number of hydrogen-bond donors (Lipinski definition) is 2. The average Bonchev–Trinajstić information content (AvgIpc) is 3.10. The number of hydrogen-bond acceptors (Lipinski definition) is 2. The summed E-state index contributed by atoms with van der Waals surface area (Å²) in [5, 5.41) is 11.8. The van der Waals surface area contributed by atoms with E-state index >= 15 is 0 Å². The largest absolute Gasteiger partial charge is 0.481 e. The Bertz CT molecular complexity index is 504. The maximum absolute atomic E-state index is 12.0. The second kappa shape index (κ2) is 4.44. The third-order valence-corrected chi connectivity index (χ3v) is 3.53. The van der Waals surface area contributed by atoms with Crippen LogP contribution >= 0.6 is 0 Å². The minimum Gasteiger partial charge on any atom is -0.481 e. The van der Waals surface area contributed by atoms with Gasteiger partial charge in [0.2, 0.25) is 0 Å². The van der Waals surface area contributed by atoms with Gasteiger partial charge in [-0.15, -0.1) is 0 Å². The van der Waals surface area contributed by atoms with Crippen molar-refractivity contribution in [1.82, 2.24) is 5.32 Å². The molecule has 1 saturated carbocycles. The maximum Gasteiger partial charge on any atom is 0.311 e. The van der Waals surface area contributed by atoms with E-state index in [0.29, 0.717) is 18.4 Å². The molecule has 1 fully saturated rings. The molecule has 4 nitrogen and oxygen atoms in total. The molecule has 0 bridgehead atoms. The van der Waals surface area contributed by atoms with E-state index in [1.807, 2.05) is 32.0 Å². The van der Waals surface area contributed by atoms with Gasteiger partial charge in [0.05, 0.1) is 5.41 Å². The minimum absolute atomic E-state index is 0.191. The number of carboxylic acids is 1. The molecule has 2 rings (SSSR count). The van der Waals surface area contributed by atoms with Gasteiger partial charge in [-0.1, -0.05) is 17.7 Å². The third-order valence-electron chi connectivity index (χ3n) is 3.53. The first-order chi connectivity index (χ1) is 8.44. The Hall–Kier alpha value is -1.84. The number of rotatable bonds is 4. The molecule has 0 spiro atoms. The Morgan fingerprint density at radius 3 is 2.56 bits per heavy atom. The molecule has 0 unspecified atom stereocenters. The number of carbonyl (C=O) groups excluding carboxylic acids is 1. The van der Waals surface area contributed by atoms with Crippen molar-refractivity contribution in [3.8, 4) is 0 Å². The highest BCUT2D eigenvalue weighted by Crippen LogP contribution is 2.45. The number of carboxylic acid groups (broad SMARTS) is 1. The lowest BCUT2D eigenvalue weighted by Gasteiger charge is -2.12. The zero-order valence-corrected chi connectivity index (χ0v) is 10.6. The van der Waals surface area contributed by atoms with Crippen molar-refractivity contribution in [2.75, 3.05) is 6.54 Å². The van der Waals surface area contributed by atoms with Crippen LogP contribution in [-0.4, -0.2) is 23.5 Å². The van der Waals surface area contributed by atoms with Crippen molar-refractivity contribution in [1.29, 1.82) is 0 Å². The van der Waals surface area contributed by atoms with Crippen LogP contribution in [0, 0.1) is 19.3 Å². The summed E-state index contributed by atoms with van der Waals surface area (Å²) in [6.45, 7) is 4.02. The number of aryl methyl sites for hydroxylation is 2. The molecular formula is C14H17NO3. The summed E-state index contributed by atoms with van der Waals surface area (Å²) >= 11 is 0. The zero-order valence-electron chi connectivity index (χ0n) is 10.6. The second-order valence-electron chi connectivity index (χ2n) is 5.09. The molecule has 0 atom stereocenters. The van der Waals surface area contributed by atoms with Crippen LogP contribution in [0.3, 0.4) is 0 Å². The Kier molecular flexibility index (Phi) is 3.11. The van der Waals surface area contributed by atoms with Crippen LogP contribution < -0.4 is 5.32 Å². The van der Waals surface area contributed by atoms with Gasteiger partial charge in [0.25, 0.3) is 5.91 Å². The SMILES string of the molecule is Cc1ccc(C)c(C(=O)NCC2(C(=O)O)CC2)c1. The van der Waals surface area contributed by atoms with E-state index in [0.717, 1.165) is 11.1 Å². The average molecular weight is 247 g/mol. The highest BCUT2D eigenvalue weighted by molar-refractivity contribution is 5.96. The number of aliphatic carboxylic acids is 1. The third kappa shape index (κ3) is 2.37. The van der Waals surface area contributed by atoms with Crippen LogP contribution in [-0.2, 0) is 4.79 Å². The van der Waals surface area contributed by atoms with E-state index in [1.165, 1.54) is 0 Å². The second-order valence-corrected chi connectivity index (χ2v) is 5.09. The molecule has 18 heavy (non-hydrogen) atoms. The first-order valence-electron chi connectivity index (χ1n) is 6.03.